The van der Waals surface area contributed by atoms with Crippen LogP contribution in [-0.2, 0) is 0 Å². The van der Waals surface area contributed by atoms with E-state index in [1.807, 2.05) is 32.9 Å². The van der Waals surface area contributed by atoms with Crippen LogP contribution < -0.4 is 11.5 Å². The average Bonchev–Trinajstić information content (AvgIpc) is 2.16. The van der Waals surface area contributed by atoms with Crippen molar-refractivity contribution in [3.63, 3.8) is 0 Å². The highest BCUT2D eigenvalue weighted by Gasteiger charge is 1.93. The lowest BCUT2D eigenvalue weighted by molar-refractivity contribution is 0.757. The fourth-order valence-electron chi connectivity index (χ4n) is 0.514. The van der Waals surface area contributed by atoms with Crippen LogP contribution in [-0.4, -0.2) is 0 Å². The Hall–Kier alpha value is -0.920. The van der Waals surface area contributed by atoms with Crippen molar-refractivity contribution in [3.05, 3.63) is 23.5 Å². The van der Waals surface area contributed by atoms with Gasteiger partial charge in [0.2, 0.25) is 0 Å². The van der Waals surface area contributed by atoms with E-state index in [1.165, 1.54) is 0 Å². The molecule has 0 amide bonds. The number of nitrogens with two attached hydrogens (primary N) is 2. The van der Waals surface area contributed by atoms with Crippen molar-refractivity contribution in [2.24, 2.45) is 17.4 Å². The third kappa shape index (κ3) is 8.99. The standard InChI is InChI=1S/C9H18N2.C2H6/c1-4-8(10)5-6-9(11)7(2)3;1-2/h5-7H,4,10-11H2,1-3H3;1-2H3/b8-5-,9-6-;. The molecule has 0 radical (unpaired) electrons. The van der Waals surface area contributed by atoms with Crippen LogP contribution in [0.3, 0.4) is 0 Å². The predicted molar refractivity (Wildman–Crippen MR) is 61.0 cm³/mol. The van der Waals surface area contributed by atoms with Gasteiger partial charge >= 0.3 is 0 Å². The maximum atomic E-state index is 5.68. The van der Waals surface area contributed by atoms with Crippen LogP contribution in [0.1, 0.15) is 41.0 Å². The van der Waals surface area contributed by atoms with Gasteiger partial charge in [-0.15, -0.1) is 0 Å². The monoisotopic (exact) mass is 184 g/mol. The minimum Gasteiger partial charge on any atom is -0.402 e. The Morgan fingerprint density at radius 2 is 1.62 bits per heavy atom. The summed E-state index contributed by atoms with van der Waals surface area (Å²) in [5, 5.41) is 0. The zero-order valence-corrected chi connectivity index (χ0v) is 9.59. The van der Waals surface area contributed by atoms with Crippen molar-refractivity contribution in [2.75, 3.05) is 0 Å². The first-order chi connectivity index (χ1) is 6.07. The first-order valence-electron chi connectivity index (χ1n) is 4.99. The van der Waals surface area contributed by atoms with E-state index in [2.05, 4.69) is 13.8 Å². The molecule has 0 spiro atoms. The summed E-state index contributed by atoms with van der Waals surface area (Å²) in [6.45, 7) is 10.1. The highest BCUT2D eigenvalue weighted by Crippen LogP contribution is 2.02. The van der Waals surface area contributed by atoms with Crippen molar-refractivity contribution in [1.82, 2.24) is 0 Å². The van der Waals surface area contributed by atoms with E-state index in [4.69, 9.17) is 11.5 Å². The summed E-state index contributed by atoms with van der Waals surface area (Å²) in [5.74, 6) is 0.399. The second-order valence-electron chi connectivity index (χ2n) is 2.92. The highest BCUT2D eigenvalue weighted by molar-refractivity contribution is 5.14. The molecule has 0 fully saturated rings. The van der Waals surface area contributed by atoms with Crippen molar-refractivity contribution >= 4 is 0 Å². The van der Waals surface area contributed by atoms with E-state index in [1.54, 1.807) is 0 Å². The maximum absolute atomic E-state index is 5.68. The van der Waals surface area contributed by atoms with Crippen LogP contribution in [0.5, 0.6) is 0 Å². The molecule has 0 heterocycles. The molecule has 13 heavy (non-hydrogen) atoms. The van der Waals surface area contributed by atoms with Crippen molar-refractivity contribution in [1.29, 1.82) is 0 Å². The lowest BCUT2D eigenvalue weighted by Gasteiger charge is -2.02. The van der Waals surface area contributed by atoms with Crippen LogP contribution >= 0.6 is 0 Å². The molecule has 0 aromatic heterocycles. The van der Waals surface area contributed by atoms with Crippen LogP contribution in [0.2, 0.25) is 0 Å². The van der Waals surface area contributed by atoms with Gasteiger partial charge in [0.25, 0.3) is 0 Å². The van der Waals surface area contributed by atoms with Gasteiger partial charge in [0.05, 0.1) is 0 Å². The first-order valence-corrected chi connectivity index (χ1v) is 4.99. The lowest BCUT2D eigenvalue weighted by Crippen LogP contribution is -2.04. The van der Waals surface area contributed by atoms with E-state index in [-0.39, 0.29) is 0 Å². The molecule has 0 saturated heterocycles. The summed E-state index contributed by atoms with van der Waals surface area (Å²) in [4.78, 5) is 0. The van der Waals surface area contributed by atoms with Crippen LogP contribution in [0.25, 0.3) is 0 Å². The molecule has 0 aliphatic rings. The van der Waals surface area contributed by atoms with Crippen LogP contribution in [0.4, 0.5) is 0 Å². The molecule has 0 aliphatic carbocycles. The van der Waals surface area contributed by atoms with Gasteiger partial charge in [0, 0.05) is 11.4 Å². The smallest absolute Gasteiger partial charge is 0.0107 e. The Bertz CT molecular complexity index is 167. The van der Waals surface area contributed by atoms with Gasteiger partial charge in [-0.3, -0.25) is 0 Å². The average molecular weight is 184 g/mol. The summed E-state index contributed by atoms with van der Waals surface area (Å²) in [6, 6.07) is 0. The van der Waals surface area contributed by atoms with Crippen LogP contribution in [0, 0.1) is 5.92 Å². The second-order valence-corrected chi connectivity index (χ2v) is 2.92. The third-order valence-corrected chi connectivity index (χ3v) is 1.56. The summed E-state index contributed by atoms with van der Waals surface area (Å²) in [6.07, 6.45) is 4.63. The number of rotatable bonds is 3. The van der Waals surface area contributed by atoms with Crippen LogP contribution in [0.15, 0.2) is 23.5 Å². The van der Waals surface area contributed by atoms with Gasteiger partial charge in [-0.1, -0.05) is 34.6 Å². The molecule has 4 N–H and O–H groups in total. The minimum atomic E-state index is 0.399. The Labute approximate surface area is 82.7 Å². The van der Waals surface area contributed by atoms with Gasteiger partial charge in [0.1, 0.15) is 0 Å². The molecular formula is C11H24N2. The van der Waals surface area contributed by atoms with Crippen molar-refractivity contribution in [2.45, 2.75) is 41.0 Å². The van der Waals surface area contributed by atoms with E-state index >= 15 is 0 Å². The molecule has 2 heteroatoms. The molecular weight excluding hydrogens is 160 g/mol. The molecule has 0 bridgehead atoms. The summed E-state index contributed by atoms with van der Waals surface area (Å²) >= 11 is 0. The topological polar surface area (TPSA) is 52.0 Å². The number of hydrogen-bond acceptors (Lipinski definition) is 2. The molecule has 0 aliphatic heterocycles. The zero-order valence-electron chi connectivity index (χ0n) is 9.59. The second kappa shape index (κ2) is 9.17. The van der Waals surface area contributed by atoms with E-state index in [9.17, 15) is 0 Å². The molecule has 0 aromatic rings. The van der Waals surface area contributed by atoms with Gasteiger partial charge in [-0.2, -0.15) is 0 Å². The van der Waals surface area contributed by atoms with Gasteiger partial charge in [-0.25, -0.2) is 0 Å². The number of allylic oxidation sites excluding steroid dienone is 4. The quantitative estimate of drug-likeness (QED) is 0.663. The lowest BCUT2D eigenvalue weighted by atomic mass is 10.1. The fourth-order valence-corrected chi connectivity index (χ4v) is 0.514. The van der Waals surface area contributed by atoms with Crippen molar-refractivity contribution < 1.29 is 0 Å². The molecule has 0 aromatic carbocycles. The van der Waals surface area contributed by atoms with E-state index < -0.39 is 0 Å². The Balaban J connectivity index is 0. The van der Waals surface area contributed by atoms with E-state index in [0.29, 0.717) is 5.92 Å². The predicted octanol–water partition coefficient (Wildman–Crippen LogP) is 2.76. The largest absolute Gasteiger partial charge is 0.402 e. The molecule has 0 rings (SSSR count). The number of hydrogen-bond donors (Lipinski definition) is 2. The minimum absolute atomic E-state index is 0.399. The maximum Gasteiger partial charge on any atom is 0.0107 e. The summed E-state index contributed by atoms with van der Waals surface area (Å²) < 4.78 is 0. The van der Waals surface area contributed by atoms with E-state index in [0.717, 1.165) is 17.8 Å². The molecule has 2 nitrogen and oxygen atoms in total. The summed E-state index contributed by atoms with van der Waals surface area (Å²) in [7, 11) is 0. The first kappa shape index (κ1) is 14.6. The SMILES string of the molecule is CC.CC/C(N)=C/C=C(\N)C(C)C. The molecule has 0 unspecified atom stereocenters. The summed E-state index contributed by atoms with van der Waals surface area (Å²) in [5.41, 5.74) is 13.0. The third-order valence-electron chi connectivity index (χ3n) is 1.56. The van der Waals surface area contributed by atoms with Crippen molar-refractivity contribution in [3.8, 4) is 0 Å². The Kier molecular flexibility index (Phi) is 10.3. The highest BCUT2D eigenvalue weighted by atomic mass is 14.6. The normalized spacial score (nSPS) is 12.5. The Morgan fingerprint density at radius 3 is 1.92 bits per heavy atom. The van der Waals surface area contributed by atoms with Gasteiger partial charge in [0.15, 0.2) is 0 Å². The zero-order chi connectivity index (χ0) is 10.9. The fraction of sp³-hybridized carbons (Fsp3) is 0.636. The molecule has 0 saturated carbocycles. The Morgan fingerprint density at radius 1 is 1.15 bits per heavy atom. The molecule has 78 valence electrons. The van der Waals surface area contributed by atoms with Gasteiger partial charge < -0.3 is 11.5 Å². The van der Waals surface area contributed by atoms with Gasteiger partial charge in [-0.05, 0) is 24.5 Å². The molecule has 0 atom stereocenters.